The maximum atomic E-state index is 13.1. The molecule has 2 aromatic carbocycles. The normalized spacial score (nSPS) is 11.5. The summed E-state index contributed by atoms with van der Waals surface area (Å²) in [4.78, 5) is 12.2. The smallest absolute Gasteiger partial charge is 0.335 e. The first-order valence-corrected chi connectivity index (χ1v) is 10.2. The van der Waals surface area contributed by atoms with Gasteiger partial charge in [0.15, 0.2) is 0 Å². The molecule has 2 heterocycles. The molecule has 0 saturated carbocycles. The minimum atomic E-state index is -4.58. The zero-order valence-corrected chi connectivity index (χ0v) is 17.1. The third kappa shape index (κ3) is 4.59. The first-order chi connectivity index (χ1) is 15.3. The number of aromatic nitrogens is 5. The molecule has 4 rings (SSSR count). The summed E-state index contributed by atoms with van der Waals surface area (Å²) in [7, 11) is 0. The van der Waals surface area contributed by atoms with Gasteiger partial charge in [0.1, 0.15) is 5.69 Å². The summed E-state index contributed by atoms with van der Waals surface area (Å²) in [6, 6.07) is 16.0. The maximum Gasteiger partial charge on any atom is 0.418 e. The van der Waals surface area contributed by atoms with Crippen LogP contribution in [0, 0.1) is 0 Å². The van der Waals surface area contributed by atoms with Gasteiger partial charge in [-0.05, 0) is 18.2 Å². The van der Waals surface area contributed by atoms with E-state index in [1.807, 2.05) is 30.3 Å². The molecule has 0 bridgehead atoms. The molecule has 1 amide bonds. The number of nitrogens with zero attached hydrogens (tertiary/aromatic N) is 4. The fraction of sp³-hybridized carbons (Fsp3) is 0.100. The summed E-state index contributed by atoms with van der Waals surface area (Å²) < 4.78 is 40.4. The molecule has 0 unspecified atom stereocenters. The Labute approximate surface area is 184 Å². The SMILES string of the molecule is Nn1c(SCC(=O)Nc2ccccc2C(F)(F)F)nnc1-c1cc(-c2ccccc2)n[nH]1. The molecule has 0 fully saturated rings. The second-order valence-corrected chi connectivity index (χ2v) is 7.53. The number of hydrogen-bond donors (Lipinski definition) is 3. The second kappa shape index (κ2) is 8.75. The van der Waals surface area contributed by atoms with Crippen molar-refractivity contribution in [3.8, 4) is 22.8 Å². The number of carbonyl (C=O) groups excluding carboxylic acids is 1. The fourth-order valence-electron chi connectivity index (χ4n) is 2.91. The molecule has 4 N–H and O–H groups in total. The lowest BCUT2D eigenvalue weighted by Crippen LogP contribution is -2.19. The van der Waals surface area contributed by atoms with Gasteiger partial charge in [-0.2, -0.15) is 18.3 Å². The number of hydrogen-bond acceptors (Lipinski definition) is 6. The van der Waals surface area contributed by atoms with Gasteiger partial charge in [-0.1, -0.05) is 54.2 Å². The third-order valence-electron chi connectivity index (χ3n) is 4.39. The summed E-state index contributed by atoms with van der Waals surface area (Å²) in [5.41, 5.74) is 0.890. The Morgan fingerprint density at radius 2 is 1.81 bits per heavy atom. The quantitative estimate of drug-likeness (QED) is 0.299. The van der Waals surface area contributed by atoms with Crippen LogP contribution in [-0.4, -0.2) is 36.7 Å². The number of aromatic amines is 1. The van der Waals surface area contributed by atoms with Crippen molar-refractivity contribution in [2.75, 3.05) is 16.9 Å². The van der Waals surface area contributed by atoms with E-state index in [-0.39, 0.29) is 16.6 Å². The van der Waals surface area contributed by atoms with Gasteiger partial charge in [0.05, 0.1) is 22.7 Å². The molecular formula is C20H16F3N7OS. The van der Waals surface area contributed by atoms with Crippen LogP contribution in [0.2, 0.25) is 0 Å². The van der Waals surface area contributed by atoms with E-state index in [2.05, 4.69) is 25.7 Å². The van der Waals surface area contributed by atoms with Gasteiger partial charge in [-0.3, -0.25) is 9.89 Å². The van der Waals surface area contributed by atoms with E-state index in [4.69, 9.17) is 5.84 Å². The first-order valence-electron chi connectivity index (χ1n) is 9.23. The first kappa shape index (κ1) is 21.4. The number of halogens is 3. The summed E-state index contributed by atoms with van der Waals surface area (Å²) >= 11 is 0.943. The predicted octanol–water partition coefficient (Wildman–Crippen LogP) is 3.80. The maximum absolute atomic E-state index is 13.1. The number of rotatable bonds is 6. The molecule has 0 spiro atoms. The fourth-order valence-corrected chi connectivity index (χ4v) is 3.56. The van der Waals surface area contributed by atoms with E-state index < -0.39 is 17.6 Å². The number of nitrogen functional groups attached to an aromatic ring is 1. The van der Waals surface area contributed by atoms with Crippen LogP contribution in [0.4, 0.5) is 18.9 Å². The van der Waals surface area contributed by atoms with Crippen molar-refractivity contribution in [3.63, 3.8) is 0 Å². The highest BCUT2D eigenvalue weighted by Gasteiger charge is 2.33. The van der Waals surface area contributed by atoms with Gasteiger partial charge in [0.2, 0.25) is 16.9 Å². The van der Waals surface area contributed by atoms with Crippen molar-refractivity contribution >= 4 is 23.4 Å². The van der Waals surface area contributed by atoms with Gasteiger partial charge in [-0.15, -0.1) is 10.2 Å². The monoisotopic (exact) mass is 459 g/mol. The minimum absolute atomic E-state index is 0.209. The molecule has 0 radical (unpaired) electrons. The highest BCUT2D eigenvalue weighted by Crippen LogP contribution is 2.34. The zero-order chi connectivity index (χ0) is 22.7. The summed E-state index contributed by atoms with van der Waals surface area (Å²) in [5, 5.41) is 17.5. The van der Waals surface area contributed by atoms with Crippen molar-refractivity contribution in [1.29, 1.82) is 0 Å². The van der Waals surface area contributed by atoms with E-state index in [1.54, 1.807) is 6.07 Å². The Balaban J connectivity index is 1.43. The van der Waals surface area contributed by atoms with Gasteiger partial charge in [-0.25, -0.2) is 4.68 Å². The lowest BCUT2D eigenvalue weighted by molar-refractivity contribution is -0.137. The molecule has 4 aromatic rings. The Bertz CT molecular complexity index is 1240. The molecule has 0 saturated heterocycles. The van der Waals surface area contributed by atoms with Crippen molar-refractivity contribution in [2.45, 2.75) is 11.3 Å². The standard InChI is InChI=1S/C20H16F3N7OS/c21-20(22,23)13-8-4-5-9-14(13)25-17(31)11-32-19-29-28-18(30(19)24)16-10-15(26-27-16)12-6-2-1-3-7-12/h1-10H,11,24H2,(H,25,31)(H,26,27). The average molecular weight is 459 g/mol. The molecule has 8 nitrogen and oxygen atoms in total. The van der Waals surface area contributed by atoms with Crippen LogP contribution in [0.25, 0.3) is 22.8 Å². The molecule has 12 heteroatoms. The van der Waals surface area contributed by atoms with Gasteiger partial charge >= 0.3 is 6.18 Å². The number of para-hydroxylation sites is 1. The Morgan fingerprint density at radius 1 is 1.09 bits per heavy atom. The highest BCUT2D eigenvalue weighted by atomic mass is 32.2. The number of amides is 1. The zero-order valence-electron chi connectivity index (χ0n) is 16.3. The lowest BCUT2D eigenvalue weighted by Gasteiger charge is -2.13. The van der Waals surface area contributed by atoms with Crippen LogP contribution in [-0.2, 0) is 11.0 Å². The van der Waals surface area contributed by atoms with E-state index in [0.29, 0.717) is 17.2 Å². The van der Waals surface area contributed by atoms with Crippen LogP contribution in [0.3, 0.4) is 0 Å². The molecule has 0 aliphatic carbocycles. The van der Waals surface area contributed by atoms with Crippen molar-refractivity contribution in [1.82, 2.24) is 25.1 Å². The van der Waals surface area contributed by atoms with Crippen molar-refractivity contribution in [3.05, 3.63) is 66.2 Å². The van der Waals surface area contributed by atoms with Gasteiger partial charge in [0.25, 0.3) is 0 Å². The number of nitrogens with one attached hydrogen (secondary N) is 2. The van der Waals surface area contributed by atoms with Crippen molar-refractivity contribution in [2.24, 2.45) is 0 Å². The minimum Gasteiger partial charge on any atom is -0.335 e. The molecular weight excluding hydrogens is 443 g/mol. The molecule has 164 valence electrons. The number of H-pyrrole nitrogens is 1. The van der Waals surface area contributed by atoms with Gasteiger partial charge in [0, 0.05) is 5.56 Å². The van der Waals surface area contributed by atoms with Crippen LogP contribution < -0.4 is 11.2 Å². The van der Waals surface area contributed by atoms with Crippen LogP contribution in [0.1, 0.15) is 5.56 Å². The molecule has 0 aliphatic rings. The topological polar surface area (TPSA) is 115 Å². The van der Waals surface area contributed by atoms with E-state index in [9.17, 15) is 18.0 Å². The summed E-state index contributed by atoms with van der Waals surface area (Å²) in [6.45, 7) is 0. The number of benzene rings is 2. The molecule has 0 atom stereocenters. The Hall–Kier alpha value is -3.80. The van der Waals surface area contributed by atoms with E-state index in [0.717, 1.165) is 23.4 Å². The third-order valence-corrected chi connectivity index (χ3v) is 5.33. The van der Waals surface area contributed by atoms with Crippen LogP contribution >= 0.6 is 11.8 Å². The number of carbonyl (C=O) groups is 1. The largest absolute Gasteiger partial charge is 0.418 e. The number of alkyl halides is 3. The van der Waals surface area contributed by atoms with E-state index in [1.165, 1.54) is 22.9 Å². The summed E-state index contributed by atoms with van der Waals surface area (Å²) in [5.74, 6) is 5.50. The van der Waals surface area contributed by atoms with E-state index >= 15 is 0 Å². The van der Waals surface area contributed by atoms with Crippen molar-refractivity contribution < 1.29 is 18.0 Å². The Kier molecular flexibility index (Phi) is 5.86. The predicted molar refractivity (Wildman–Crippen MR) is 114 cm³/mol. The lowest BCUT2D eigenvalue weighted by atomic mass is 10.1. The molecule has 2 aromatic heterocycles. The Morgan fingerprint density at radius 3 is 2.56 bits per heavy atom. The molecule has 0 aliphatic heterocycles. The average Bonchev–Trinajstić information content (AvgIpc) is 3.39. The van der Waals surface area contributed by atoms with Crippen LogP contribution in [0.5, 0.6) is 0 Å². The number of nitrogens with two attached hydrogens (primary N) is 1. The second-order valence-electron chi connectivity index (χ2n) is 6.59. The summed E-state index contributed by atoms with van der Waals surface area (Å²) in [6.07, 6.45) is -4.58. The number of thioether (sulfide) groups is 1. The van der Waals surface area contributed by atoms with Gasteiger partial charge < -0.3 is 11.2 Å². The van der Waals surface area contributed by atoms with Crippen LogP contribution in [0.15, 0.2) is 65.8 Å². The number of anilines is 1. The highest BCUT2D eigenvalue weighted by molar-refractivity contribution is 7.99. The molecule has 32 heavy (non-hydrogen) atoms.